The second-order valence-electron chi connectivity index (χ2n) is 3.73. The van der Waals surface area contributed by atoms with Crippen LogP contribution in [0.15, 0.2) is 0 Å². The number of hydrogen-bond acceptors (Lipinski definition) is 2. The third-order valence-electron chi connectivity index (χ3n) is 2.51. The summed E-state index contributed by atoms with van der Waals surface area (Å²) in [6.45, 7) is 0.926. The van der Waals surface area contributed by atoms with Gasteiger partial charge in [-0.25, -0.2) is 0 Å². The van der Waals surface area contributed by atoms with Crippen molar-refractivity contribution in [1.82, 2.24) is 0 Å². The smallest absolute Gasteiger partial charge is 0.0575 e. The zero-order chi connectivity index (χ0) is 9.52. The summed E-state index contributed by atoms with van der Waals surface area (Å²) in [5.74, 6) is 2.59. The molecule has 2 N–H and O–H groups in total. The van der Waals surface area contributed by atoms with Gasteiger partial charge in [0.1, 0.15) is 0 Å². The van der Waals surface area contributed by atoms with Gasteiger partial charge in [0.15, 0.2) is 0 Å². The maximum absolute atomic E-state index is 5.80. The van der Waals surface area contributed by atoms with E-state index in [4.69, 9.17) is 16.9 Å². The monoisotopic (exact) mass is 181 g/mol. The van der Waals surface area contributed by atoms with Crippen LogP contribution < -0.4 is 5.73 Å². The maximum Gasteiger partial charge on any atom is 0.0575 e. The van der Waals surface area contributed by atoms with Crippen molar-refractivity contribution >= 4 is 0 Å². The minimum Gasteiger partial charge on any atom is -0.378 e. The molecule has 1 fully saturated rings. The van der Waals surface area contributed by atoms with Crippen LogP contribution in [0.5, 0.6) is 0 Å². The Labute approximate surface area is 80.8 Å². The predicted molar refractivity (Wildman–Crippen MR) is 54.3 cm³/mol. The molecule has 0 bridgehead atoms. The van der Waals surface area contributed by atoms with Gasteiger partial charge in [-0.05, 0) is 32.1 Å². The molecule has 1 rings (SSSR count). The largest absolute Gasteiger partial charge is 0.378 e. The lowest BCUT2D eigenvalue weighted by molar-refractivity contribution is 0.00922. The molecule has 0 aliphatic carbocycles. The first-order chi connectivity index (χ1) is 6.33. The van der Waals surface area contributed by atoms with Gasteiger partial charge in [0.05, 0.1) is 6.10 Å². The molecule has 1 heterocycles. The number of nitrogens with two attached hydrogens (primary N) is 1. The lowest BCUT2D eigenvalue weighted by atomic mass is 10.0. The normalized spacial score (nSPS) is 25.1. The van der Waals surface area contributed by atoms with Gasteiger partial charge in [-0.3, -0.25) is 0 Å². The lowest BCUT2D eigenvalue weighted by Crippen LogP contribution is -2.24. The molecule has 1 aliphatic heterocycles. The Balaban J connectivity index is 2.07. The highest BCUT2D eigenvalue weighted by atomic mass is 16.5. The van der Waals surface area contributed by atoms with E-state index in [-0.39, 0.29) is 6.04 Å². The van der Waals surface area contributed by atoms with Gasteiger partial charge in [0.2, 0.25) is 0 Å². The van der Waals surface area contributed by atoms with Crippen LogP contribution in [0.25, 0.3) is 0 Å². The van der Waals surface area contributed by atoms with Crippen molar-refractivity contribution in [3.05, 3.63) is 0 Å². The van der Waals surface area contributed by atoms with E-state index in [1.807, 2.05) is 0 Å². The van der Waals surface area contributed by atoms with E-state index in [1.165, 1.54) is 19.3 Å². The van der Waals surface area contributed by atoms with Crippen LogP contribution in [0.4, 0.5) is 0 Å². The Kier molecular flexibility index (Phi) is 4.88. The molecule has 74 valence electrons. The summed E-state index contributed by atoms with van der Waals surface area (Å²) in [6.07, 6.45) is 12.1. The Morgan fingerprint density at radius 2 is 2.38 bits per heavy atom. The molecule has 0 aromatic rings. The highest BCUT2D eigenvalue weighted by Crippen LogP contribution is 2.17. The van der Waals surface area contributed by atoms with Gasteiger partial charge < -0.3 is 10.5 Å². The van der Waals surface area contributed by atoms with Crippen molar-refractivity contribution in [3.8, 4) is 12.3 Å². The van der Waals surface area contributed by atoms with E-state index in [9.17, 15) is 0 Å². The Hall–Kier alpha value is -0.520. The highest BCUT2D eigenvalue weighted by Gasteiger charge is 2.14. The zero-order valence-electron chi connectivity index (χ0n) is 8.17. The fourth-order valence-electron chi connectivity index (χ4n) is 1.69. The minimum atomic E-state index is 0.163. The summed E-state index contributed by atoms with van der Waals surface area (Å²) in [5, 5.41) is 0. The van der Waals surface area contributed by atoms with Crippen LogP contribution in [0.3, 0.4) is 0 Å². The molecule has 2 nitrogen and oxygen atoms in total. The van der Waals surface area contributed by atoms with Gasteiger partial charge in [-0.2, -0.15) is 0 Å². The van der Waals surface area contributed by atoms with Gasteiger partial charge in [-0.1, -0.05) is 0 Å². The molecule has 0 saturated carbocycles. The van der Waals surface area contributed by atoms with Crippen LogP contribution in [0, 0.1) is 12.3 Å². The first-order valence-electron chi connectivity index (χ1n) is 5.13. The van der Waals surface area contributed by atoms with E-state index in [0.29, 0.717) is 12.5 Å². The molecular formula is C11H19NO. The van der Waals surface area contributed by atoms with Crippen LogP contribution in [0.2, 0.25) is 0 Å². The molecule has 2 unspecified atom stereocenters. The molecule has 1 aliphatic rings. The molecular weight excluding hydrogens is 162 g/mol. The Morgan fingerprint density at radius 3 is 3.00 bits per heavy atom. The van der Waals surface area contributed by atoms with Crippen molar-refractivity contribution in [2.24, 2.45) is 5.73 Å². The van der Waals surface area contributed by atoms with Crippen molar-refractivity contribution in [3.63, 3.8) is 0 Å². The van der Waals surface area contributed by atoms with Crippen molar-refractivity contribution < 1.29 is 4.74 Å². The number of ether oxygens (including phenoxy) is 1. The first-order valence-corrected chi connectivity index (χ1v) is 5.13. The van der Waals surface area contributed by atoms with E-state index in [1.54, 1.807) is 0 Å². The van der Waals surface area contributed by atoms with Crippen LogP contribution in [0.1, 0.15) is 38.5 Å². The molecule has 2 heteroatoms. The summed E-state index contributed by atoms with van der Waals surface area (Å²) >= 11 is 0. The molecule has 2 atom stereocenters. The van der Waals surface area contributed by atoms with Gasteiger partial charge in [-0.15, -0.1) is 12.3 Å². The first kappa shape index (κ1) is 10.6. The summed E-state index contributed by atoms with van der Waals surface area (Å²) in [4.78, 5) is 0. The van der Waals surface area contributed by atoms with Crippen LogP contribution >= 0.6 is 0 Å². The van der Waals surface area contributed by atoms with Crippen molar-refractivity contribution in [1.29, 1.82) is 0 Å². The fourth-order valence-corrected chi connectivity index (χ4v) is 1.69. The third kappa shape index (κ3) is 4.31. The number of terminal acetylenes is 1. The standard InChI is InChI=1S/C11H19NO/c1-2-5-10(12)7-8-11-6-3-4-9-13-11/h1,10-11H,3-9,12H2. The fraction of sp³-hybridized carbons (Fsp3) is 0.818. The molecule has 1 saturated heterocycles. The number of rotatable bonds is 4. The molecule has 13 heavy (non-hydrogen) atoms. The second-order valence-corrected chi connectivity index (χ2v) is 3.73. The molecule has 0 aromatic heterocycles. The SMILES string of the molecule is C#CCC(N)CCC1CCCCO1. The second kappa shape index (κ2) is 6.01. The summed E-state index contributed by atoms with van der Waals surface area (Å²) in [7, 11) is 0. The van der Waals surface area contributed by atoms with Gasteiger partial charge in [0, 0.05) is 19.1 Å². The zero-order valence-corrected chi connectivity index (χ0v) is 8.17. The summed E-state index contributed by atoms with van der Waals surface area (Å²) in [6, 6.07) is 0.163. The average molecular weight is 181 g/mol. The van der Waals surface area contributed by atoms with E-state index in [0.717, 1.165) is 19.4 Å². The van der Waals surface area contributed by atoms with Gasteiger partial charge >= 0.3 is 0 Å². The van der Waals surface area contributed by atoms with Crippen LogP contribution in [-0.2, 0) is 4.74 Å². The van der Waals surface area contributed by atoms with Crippen molar-refractivity contribution in [2.45, 2.75) is 50.7 Å². The lowest BCUT2D eigenvalue weighted by Gasteiger charge is -2.23. The molecule has 0 amide bonds. The van der Waals surface area contributed by atoms with Crippen LogP contribution in [-0.4, -0.2) is 18.8 Å². The average Bonchev–Trinajstić information content (AvgIpc) is 2.17. The Bertz CT molecular complexity index is 167. The predicted octanol–water partition coefficient (Wildman–Crippen LogP) is 1.69. The topological polar surface area (TPSA) is 35.2 Å². The Morgan fingerprint density at radius 1 is 1.54 bits per heavy atom. The van der Waals surface area contributed by atoms with Gasteiger partial charge in [0.25, 0.3) is 0 Å². The molecule has 0 aromatic carbocycles. The summed E-state index contributed by atoms with van der Waals surface area (Å²) < 4.78 is 5.60. The number of hydrogen-bond donors (Lipinski definition) is 1. The highest BCUT2D eigenvalue weighted by molar-refractivity contribution is 4.88. The van der Waals surface area contributed by atoms with Crippen molar-refractivity contribution in [2.75, 3.05) is 6.61 Å². The minimum absolute atomic E-state index is 0.163. The van der Waals surface area contributed by atoms with E-state index >= 15 is 0 Å². The van der Waals surface area contributed by atoms with E-state index in [2.05, 4.69) is 5.92 Å². The molecule has 0 spiro atoms. The van der Waals surface area contributed by atoms with E-state index < -0.39 is 0 Å². The third-order valence-corrected chi connectivity index (χ3v) is 2.51. The maximum atomic E-state index is 5.80. The molecule has 0 radical (unpaired) electrons. The summed E-state index contributed by atoms with van der Waals surface area (Å²) in [5.41, 5.74) is 5.80. The quantitative estimate of drug-likeness (QED) is 0.670.